The van der Waals surface area contributed by atoms with E-state index in [1.54, 1.807) is 24.3 Å². The van der Waals surface area contributed by atoms with Gasteiger partial charge in [-0.1, -0.05) is 17.5 Å². The summed E-state index contributed by atoms with van der Waals surface area (Å²) >= 11 is 6.40. The highest BCUT2D eigenvalue weighted by atomic mass is 35.5. The lowest BCUT2D eigenvalue weighted by atomic mass is 9.86. The third-order valence-electron chi connectivity index (χ3n) is 9.07. The van der Waals surface area contributed by atoms with Gasteiger partial charge in [-0.05, 0) is 87.4 Å². The molecule has 264 valence electrons. The molecule has 3 atom stereocenters. The number of nitrogens with two attached hydrogens (primary N) is 1. The molecule has 0 aliphatic heterocycles. The van der Waals surface area contributed by atoms with E-state index >= 15 is 8.78 Å². The van der Waals surface area contributed by atoms with Crippen molar-refractivity contribution in [3.05, 3.63) is 93.2 Å². The summed E-state index contributed by atoms with van der Waals surface area (Å²) < 4.78 is 89.5. The van der Waals surface area contributed by atoms with E-state index < -0.39 is 77.3 Å². The quantitative estimate of drug-likeness (QED) is 0.0938. The molecule has 7 rings (SSSR count). The molecule has 1 saturated carbocycles. The smallest absolute Gasteiger partial charge is 0.293 e. The number of Topliss-reactive ketones (excluding diaryl/α,β-unsaturated/α-hetero) is 1. The van der Waals surface area contributed by atoms with Gasteiger partial charge in [0, 0.05) is 46.4 Å². The second-order valence-electron chi connectivity index (χ2n) is 14.0. The molecule has 51 heavy (non-hydrogen) atoms. The standard InChI is InChI=1S/C36H30ClF6N7O/c1-35(2,3)9-8-21-4-5-23(24-6-7-27(37)50-33(24)46-47-34(50)44)29(45-21)18(10-17-11-19(38)14-20(39)12-17)13-22(51)16-49-31-28(30(48-49)32(40)41)25-15-26(25)36(31,42)43/h4-7,11-12,14,18,25-26,32H,10,13,15-16H2,1-3H3,(H2,44,47)/t18-,25+,26-/m1/s1. The number of aromatic nitrogens is 6. The van der Waals surface area contributed by atoms with Crippen molar-refractivity contribution in [2.75, 3.05) is 5.73 Å². The second kappa shape index (κ2) is 12.4. The summed E-state index contributed by atoms with van der Waals surface area (Å²) in [6, 6.07) is 9.52. The van der Waals surface area contributed by atoms with Gasteiger partial charge in [-0.3, -0.25) is 13.9 Å². The molecule has 2 N–H and O–H groups in total. The van der Waals surface area contributed by atoms with Gasteiger partial charge in [-0.25, -0.2) is 22.5 Å². The minimum Gasteiger partial charge on any atom is -0.368 e. The fourth-order valence-corrected chi connectivity index (χ4v) is 7.12. The van der Waals surface area contributed by atoms with Crippen LogP contribution in [0.3, 0.4) is 0 Å². The van der Waals surface area contributed by atoms with Crippen LogP contribution in [0.25, 0.3) is 16.8 Å². The molecule has 15 heteroatoms. The Morgan fingerprint density at radius 3 is 2.45 bits per heavy atom. The Bertz CT molecular complexity index is 2260. The Kier molecular flexibility index (Phi) is 8.40. The molecule has 0 spiro atoms. The number of pyridine rings is 2. The predicted octanol–water partition coefficient (Wildman–Crippen LogP) is 8.03. The number of hydrogen-bond donors (Lipinski definition) is 1. The molecule has 8 nitrogen and oxygen atoms in total. The lowest BCUT2D eigenvalue weighted by molar-refractivity contribution is -0.120. The maximum absolute atomic E-state index is 15.3. The molecule has 5 aromatic rings. The van der Waals surface area contributed by atoms with Crippen LogP contribution < -0.4 is 5.73 Å². The summed E-state index contributed by atoms with van der Waals surface area (Å²) in [7, 11) is 0. The molecule has 2 aliphatic rings. The molecule has 0 bridgehead atoms. The minimum absolute atomic E-state index is 0.00495. The third kappa shape index (κ3) is 6.44. The van der Waals surface area contributed by atoms with Crippen LogP contribution >= 0.6 is 11.6 Å². The maximum Gasteiger partial charge on any atom is 0.293 e. The fourth-order valence-electron chi connectivity index (χ4n) is 6.89. The predicted molar refractivity (Wildman–Crippen MR) is 176 cm³/mol. The number of carbonyl (C=O) groups excluding carboxylic acids is 1. The summed E-state index contributed by atoms with van der Waals surface area (Å²) in [5.74, 6) is -2.39. The zero-order chi connectivity index (χ0) is 36.6. The topological polar surface area (TPSA) is 104 Å². The van der Waals surface area contributed by atoms with Gasteiger partial charge in [0.1, 0.15) is 40.4 Å². The maximum atomic E-state index is 15.3. The van der Waals surface area contributed by atoms with Crippen LogP contribution in [0.2, 0.25) is 5.15 Å². The molecule has 4 heterocycles. The van der Waals surface area contributed by atoms with Gasteiger partial charge in [-0.2, -0.15) is 13.9 Å². The molecular formula is C36H30ClF6N7O. The van der Waals surface area contributed by atoms with Crippen molar-refractivity contribution in [1.82, 2.24) is 29.4 Å². The van der Waals surface area contributed by atoms with Crippen molar-refractivity contribution in [1.29, 1.82) is 0 Å². The Morgan fingerprint density at radius 2 is 1.76 bits per heavy atom. The normalized spacial score (nSPS) is 18.0. The first kappa shape index (κ1) is 34.5. The number of halogens is 7. The number of anilines is 1. The molecule has 0 amide bonds. The van der Waals surface area contributed by atoms with Gasteiger partial charge in [0.15, 0.2) is 11.4 Å². The largest absolute Gasteiger partial charge is 0.368 e. The zero-order valence-corrected chi connectivity index (χ0v) is 28.2. The van der Waals surface area contributed by atoms with E-state index in [2.05, 4.69) is 27.1 Å². The summed E-state index contributed by atoms with van der Waals surface area (Å²) in [5.41, 5.74) is 5.95. The number of nitrogen functional groups attached to an aromatic ring is 1. The number of hydrogen-bond acceptors (Lipinski definition) is 6. The molecule has 1 fully saturated rings. The second-order valence-corrected chi connectivity index (χ2v) is 14.4. The van der Waals surface area contributed by atoms with Gasteiger partial charge in [0.25, 0.3) is 12.3 Å². The Hall–Kier alpha value is -4.90. The highest BCUT2D eigenvalue weighted by Gasteiger charge is 2.67. The van der Waals surface area contributed by atoms with Crippen LogP contribution in [-0.4, -0.2) is 35.1 Å². The number of alkyl halides is 4. The molecule has 2 aliphatic carbocycles. The Morgan fingerprint density at radius 1 is 1.06 bits per heavy atom. The SMILES string of the molecule is CC(C)(C)C#Cc1ccc(-c2ccc(Cl)n3c(N)nnc23)c([C@@H](CC(=O)Cn2nc(C(F)F)c3c2C(F)(F)[C@@H]2C[C@H]32)Cc2cc(F)cc(F)c2)n1. The van der Waals surface area contributed by atoms with E-state index in [9.17, 15) is 22.4 Å². The lowest BCUT2D eigenvalue weighted by Gasteiger charge is -2.21. The summed E-state index contributed by atoms with van der Waals surface area (Å²) in [6.45, 7) is 5.00. The average Bonchev–Trinajstić information content (AvgIpc) is 3.53. The third-order valence-corrected chi connectivity index (χ3v) is 9.36. The molecule has 0 saturated heterocycles. The van der Waals surface area contributed by atoms with E-state index in [4.69, 9.17) is 22.3 Å². The summed E-state index contributed by atoms with van der Waals surface area (Å²) in [4.78, 5) is 18.7. The highest BCUT2D eigenvalue weighted by Crippen LogP contribution is 2.68. The first-order chi connectivity index (χ1) is 24.0. The number of rotatable bonds is 9. The van der Waals surface area contributed by atoms with E-state index in [1.807, 2.05) is 20.8 Å². The number of carbonyl (C=O) groups is 1. The molecule has 4 aromatic heterocycles. The van der Waals surface area contributed by atoms with Crippen molar-refractivity contribution >= 4 is 29.0 Å². The van der Waals surface area contributed by atoms with Crippen LogP contribution in [-0.2, 0) is 23.7 Å². The molecular weight excluding hydrogens is 696 g/mol. The van der Waals surface area contributed by atoms with Crippen LogP contribution in [0.4, 0.5) is 32.3 Å². The van der Waals surface area contributed by atoms with Crippen LogP contribution in [0.15, 0.2) is 42.5 Å². The Balaban J connectivity index is 1.35. The van der Waals surface area contributed by atoms with Crippen LogP contribution in [0.5, 0.6) is 0 Å². The molecule has 0 unspecified atom stereocenters. The monoisotopic (exact) mass is 725 g/mol. The van der Waals surface area contributed by atoms with Gasteiger partial charge >= 0.3 is 0 Å². The van der Waals surface area contributed by atoms with Crippen molar-refractivity contribution in [3.63, 3.8) is 0 Å². The van der Waals surface area contributed by atoms with E-state index in [0.717, 1.165) is 12.1 Å². The highest BCUT2D eigenvalue weighted by molar-refractivity contribution is 6.30. The Labute approximate surface area is 293 Å². The first-order valence-electron chi connectivity index (χ1n) is 16.1. The van der Waals surface area contributed by atoms with Crippen LogP contribution in [0.1, 0.15) is 85.8 Å². The van der Waals surface area contributed by atoms with Gasteiger partial charge in [0.05, 0.1) is 5.69 Å². The van der Waals surface area contributed by atoms with E-state index in [-0.39, 0.29) is 46.4 Å². The van der Waals surface area contributed by atoms with Crippen molar-refractivity contribution in [2.45, 2.75) is 70.8 Å². The first-order valence-corrected chi connectivity index (χ1v) is 16.5. The lowest BCUT2D eigenvalue weighted by Crippen LogP contribution is -2.24. The number of fused-ring (bicyclic) bond motifs is 4. The van der Waals surface area contributed by atoms with E-state index in [1.165, 1.54) is 4.40 Å². The number of benzene rings is 1. The van der Waals surface area contributed by atoms with Crippen molar-refractivity contribution in [2.24, 2.45) is 11.3 Å². The van der Waals surface area contributed by atoms with E-state index in [0.29, 0.717) is 27.6 Å². The van der Waals surface area contributed by atoms with Crippen molar-refractivity contribution < 1.29 is 31.1 Å². The number of ketones is 1. The van der Waals surface area contributed by atoms with Crippen LogP contribution in [0, 0.1) is 34.8 Å². The van der Waals surface area contributed by atoms with Crippen molar-refractivity contribution in [3.8, 4) is 23.0 Å². The molecule has 1 aromatic carbocycles. The van der Waals surface area contributed by atoms with Gasteiger partial charge in [0.2, 0.25) is 5.95 Å². The minimum atomic E-state index is -3.42. The van der Waals surface area contributed by atoms with Gasteiger partial charge < -0.3 is 5.73 Å². The number of nitrogens with zero attached hydrogens (tertiary/aromatic N) is 6. The summed E-state index contributed by atoms with van der Waals surface area (Å²) in [5, 5.41) is 12.1. The average molecular weight is 726 g/mol. The summed E-state index contributed by atoms with van der Waals surface area (Å²) in [6.07, 6.45) is -3.56. The van der Waals surface area contributed by atoms with Gasteiger partial charge in [-0.15, -0.1) is 10.2 Å². The molecule has 0 radical (unpaired) electrons. The zero-order valence-electron chi connectivity index (χ0n) is 27.5. The fraction of sp³-hybridized carbons (Fsp3) is 0.361.